The van der Waals surface area contributed by atoms with Crippen LogP contribution in [-0.2, 0) is 21.2 Å². The number of carbonyl (C=O) groups is 1. The Morgan fingerprint density at radius 1 is 1.07 bits per heavy atom. The largest absolute Gasteiger partial charge is 0.340 e. The van der Waals surface area contributed by atoms with Gasteiger partial charge in [0.15, 0.2) is 0 Å². The molecule has 1 aliphatic rings. The van der Waals surface area contributed by atoms with Gasteiger partial charge < -0.3 is 4.90 Å². The van der Waals surface area contributed by atoms with Gasteiger partial charge in [0.2, 0.25) is 15.9 Å². The zero-order valence-corrected chi connectivity index (χ0v) is 15.6. The molecule has 0 aliphatic carbocycles. The highest BCUT2D eigenvalue weighted by atomic mass is 32.2. The van der Waals surface area contributed by atoms with Crippen LogP contribution in [0.3, 0.4) is 0 Å². The van der Waals surface area contributed by atoms with Gasteiger partial charge in [-0.1, -0.05) is 12.1 Å². The van der Waals surface area contributed by atoms with Crippen molar-refractivity contribution in [3.63, 3.8) is 0 Å². The van der Waals surface area contributed by atoms with Gasteiger partial charge in [0, 0.05) is 38.3 Å². The maximum Gasteiger partial charge on any atom is 0.269 e. The lowest BCUT2D eigenvalue weighted by atomic mass is 10.1. The highest BCUT2D eigenvalue weighted by Crippen LogP contribution is 2.21. The van der Waals surface area contributed by atoms with Gasteiger partial charge in [-0.05, 0) is 29.8 Å². The van der Waals surface area contributed by atoms with E-state index in [-0.39, 0.29) is 49.1 Å². The van der Waals surface area contributed by atoms with Gasteiger partial charge in [0.25, 0.3) is 5.69 Å². The molecule has 2 aromatic carbocycles. The number of non-ortho nitro benzene ring substituents is 1. The number of amides is 1. The topological polar surface area (TPSA) is 101 Å². The van der Waals surface area contributed by atoms with Crippen LogP contribution in [0, 0.1) is 15.9 Å². The van der Waals surface area contributed by atoms with Gasteiger partial charge in [0.05, 0.1) is 16.2 Å². The molecule has 1 fully saturated rings. The van der Waals surface area contributed by atoms with E-state index >= 15 is 0 Å². The molecule has 0 aromatic heterocycles. The molecule has 0 unspecified atom stereocenters. The first-order chi connectivity index (χ1) is 13.3. The lowest BCUT2D eigenvalue weighted by molar-refractivity contribution is -0.384. The molecule has 0 saturated carbocycles. The Hall–Kier alpha value is -2.85. The van der Waals surface area contributed by atoms with E-state index in [1.165, 1.54) is 34.6 Å². The number of nitrogens with zero attached hydrogens (tertiary/aromatic N) is 3. The lowest BCUT2D eigenvalue weighted by Crippen LogP contribution is -2.50. The number of nitro groups is 1. The van der Waals surface area contributed by atoms with Crippen LogP contribution in [-0.4, -0.2) is 54.6 Å². The third-order valence-corrected chi connectivity index (χ3v) is 6.43. The molecule has 148 valence electrons. The molecule has 0 radical (unpaired) electrons. The second kappa shape index (κ2) is 8.03. The number of carbonyl (C=O) groups excluding carboxylic acids is 1. The summed E-state index contributed by atoms with van der Waals surface area (Å²) < 4.78 is 39.9. The fourth-order valence-electron chi connectivity index (χ4n) is 3.00. The Balaban J connectivity index is 1.62. The van der Waals surface area contributed by atoms with Crippen LogP contribution < -0.4 is 0 Å². The summed E-state index contributed by atoms with van der Waals surface area (Å²) in [6.07, 6.45) is 0.0485. The van der Waals surface area contributed by atoms with Crippen LogP contribution in [0.2, 0.25) is 0 Å². The standard InChI is InChI=1S/C18H18FN3O5S/c19-15-3-1-2-14(12-15)13-18(23)20-8-10-21(11-9-20)28(26,27)17-6-4-16(5-7-17)22(24)25/h1-7,12H,8-11,13H2. The van der Waals surface area contributed by atoms with E-state index in [9.17, 15) is 27.7 Å². The summed E-state index contributed by atoms with van der Waals surface area (Å²) in [5.74, 6) is -0.609. The number of nitro benzene ring substituents is 1. The van der Waals surface area contributed by atoms with E-state index in [1.54, 1.807) is 11.0 Å². The highest BCUT2D eigenvalue weighted by Gasteiger charge is 2.30. The molecular formula is C18H18FN3O5S. The van der Waals surface area contributed by atoms with Crippen LogP contribution in [0.15, 0.2) is 53.4 Å². The minimum atomic E-state index is -3.79. The van der Waals surface area contributed by atoms with Crippen molar-refractivity contribution in [3.05, 3.63) is 70.0 Å². The second-order valence-electron chi connectivity index (χ2n) is 6.34. The third-order valence-electron chi connectivity index (χ3n) is 4.52. The van der Waals surface area contributed by atoms with E-state index in [4.69, 9.17) is 0 Å². The number of halogens is 1. The van der Waals surface area contributed by atoms with Crippen LogP contribution >= 0.6 is 0 Å². The molecule has 3 rings (SSSR count). The number of sulfonamides is 1. The predicted molar refractivity (Wildman–Crippen MR) is 98.5 cm³/mol. The number of benzene rings is 2. The zero-order chi connectivity index (χ0) is 20.3. The van der Waals surface area contributed by atoms with Crippen LogP contribution in [0.1, 0.15) is 5.56 Å². The average molecular weight is 407 g/mol. The number of hydrogen-bond acceptors (Lipinski definition) is 5. The first kappa shape index (κ1) is 19.9. The van der Waals surface area contributed by atoms with Gasteiger partial charge in [-0.15, -0.1) is 0 Å². The van der Waals surface area contributed by atoms with E-state index in [0.717, 1.165) is 12.1 Å². The minimum absolute atomic E-state index is 0.0300. The molecule has 0 bridgehead atoms. The van der Waals surface area contributed by atoms with E-state index < -0.39 is 20.8 Å². The highest BCUT2D eigenvalue weighted by molar-refractivity contribution is 7.89. The summed E-state index contributed by atoms with van der Waals surface area (Å²) in [5, 5.41) is 10.7. The van der Waals surface area contributed by atoms with E-state index in [2.05, 4.69) is 0 Å². The third kappa shape index (κ3) is 4.34. The van der Waals surface area contributed by atoms with Gasteiger partial charge in [-0.2, -0.15) is 4.31 Å². The second-order valence-corrected chi connectivity index (χ2v) is 8.28. The van der Waals surface area contributed by atoms with Gasteiger partial charge in [-0.3, -0.25) is 14.9 Å². The molecule has 0 atom stereocenters. The average Bonchev–Trinajstić information content (AvgIpc) is 2.68. The Labute approximate surface area is 161 Å². The monoisotopic (exact) mass is 407 g/mol. The zero-order valence-electron chi connectivity index (χ0n) is 14.8. The normalized spacial score (nSPS) is 15.4. The lowest BCUT2D eigenvalue weighted by Gasteiger charge is -2.34. The van der Waals surface area contributed by atoms with Crippen molar-refractivity contribution in [1.29, 1.82) is 0 Å². The summed E-state index contributed by atoms with van der Waals surface area (Å²) in [4.78, 5) is 24.0. The fourth-order valence-corrected chi connectivity index (χ4v) is 4.42. The maximum absolute atomic E-state index is 13.2. The first-order valence-electron chi connectivity index (χ1n) is 8.54. The molecular weight excluding hydrogens is 389 g/mol. The Morgan fingerprint density at radius 3 is 2.29 bits per heavy atom. The first-order valence-corrected chi connectivity index (χ1v) is 9.98. The smallest absolute Gasteiger partial charge is 0.269 e. The Bertz CT molecular complexity index is 987. The summed E-state index contributed by atoms with van der Waals surface area (Å²) >= 11 is 0. The minimum Gasteiger partial charge on any atom is -0.340 e. The molecule has 1 heterocycles. The van der Waals surface area contributed by atoms with Crippen molar-refractivity contribution in [1.82, 2.24) is 9.21 Å². The van der Waals surface area contributed by atoms with Crippen molar-refractivity contribution < 1.29 is 22.5 Å². The SMILES string of the molecule is O=C(Cc1cccc(F)c1)N1CCN(S(=O)(=O)c2ccc([N+](=O)[O-])cc2)CC1. The van der Waals surface area contributed by atoms with E-state index in [0.29, 0.717) is 5.56 Å². The summed E-state index contributed by atoms with van der Waals surface area (Å²) in [6, 6.07) is 10.5. The molecule has 2 aromatic rings. The number of piperazine rings is 1. The molecule has 1 aliphatic heterocycles. The molecule has 1 saturated heterocycles. The summed E-state index contributed by atoms with van der Waals surface area (Å²) in [7, 11) is -3.79. The molecule has 0 N–H and O–H groups in total. The van der Waals surface area contributed by atoms with Gasteiger partial charge in [-0.25, -0.2) is 12.8 Å². The van der Waals surface area contributed by atoms with Gasteiger partial charge >= 0.3 is 0 Å². The van der Waals surface area contributed by atoms with Crippen molar-refractivity contribution in [3.8, 4) is 0 Å². The fraction of sp³-hybridized carbons (Fsp3) is 0.278. The van der Waals surface area contributed by atoms with Crippen LogP contribution in [0.4, 0.5) is 10.1 Å². The Kier molecular flexibility index (Phi) is 5.71. The van der Waals surface area contributed by atoms with E-state index in [1.807, 2.05) is 0 Å². The molecule has 10 heteroatoms. The quantitative estimate of drug-likeness (QED) is 0.556. The van der Waals surface area contributed by atoms with Crippen LogP contribution in [0.5, 0.6) is 0 Å². The van der Waals surface area contributed by atoms with Crippen molar-refractivity contribution in [2.24, 2.45) is 0 Å². The molecule has 8 nitrogen and oxygen atoms in total. The van der Waals surface area contributed by atoms with Crippen molar-refractivity contribution in [2.45, 2.75) is 11.3 Å². The summed E-state index contributed by atoms with van der Waals surface area (Å²) in [5.41, 5.74) is 0.373. The van der Waals surface area contributed by atoms with Crippen molar-refractivity contribution >= 4 is 21.6 Å². The Morgan fingerprint density at radius 2 is 1.71 bits per heavy atom. The van der Waals surface area contributed by atoms with Gasteiger partial charge in [0.1, 0.15) is 5.82 Å². The maximum atomic E-state index is 13.2. The number of rotatable bonds is 5. The number of hydrogen-bond donors (Lipinski definition) is 0. The summed E-state index contributed by atoms with van der Waals surface area (Å²) in [6.45, 7) is 0.684. The molecule has 0 spiro atoms. The van der Waals surface area contributed by atoms with Crippen LogP contribution in [0.25, 0.3) is 0 Å². The predicted octanol–water partition coefficient (Wildman–Crippen LogP) is 1.81. The van der Waals surface area contributed by atoms with Crippen molar-refractivity contribution in [2.75, 3.05) is 26.2 Å². The molecule has 28 heavy (non-hydrogen) atoms. The molecule has 1 amide bonds.